The van der Waals surface area contributed by atoms with Crippen molar-refractivity contribution in [2.24, 2.45) is 0 Å². The van der Waals surface area contributed by atoms with Crippen LogP contribution in [-0.4, -0.2) is 17.5 Å². The molecule has 106 valence electrons. The number of hydrogen-bond donors (Lipinski definition) is 1. The zero-order chi connectivity index (χ0) is 14.4. The van der Waals surface area contributed by atoms with Gasteiger partial charge in [-0.15, -0.1) is 0 Å². The first-order valence-electron chi connectivity index (χ1n) is 6.35. The quantitative estimate of drug-likeness (QED) is 0.610. The van der Waals surface area contributed by atoms with Gasteiger partial charge in [0.05, 0.1) is 9.40 Å². The zero-order valence-corrected chi connectivity index (χ0v) is 12.7. The lowest BCUT2D eigenvalue weighted by Gasteiger charge is -2.16. The van der Waals surface area contributed by atoms with Gasteiger partial charge in [0, 0.05) is 17.7 Å². The fraction of sp³-hybridized carbons (Fsp3) is 0.538. The van der Waals surface area contributed by atoms with Crippen LogP contribution in [-0.2, 0) is 6.42 Å². The van der Waals surface area contributed by atoms with Crippen molar-refractivity contribution in [2.45, 2.75) is 39.2 Å². The van der Waals surface area contributed by atoms with Crippen LogP contribution in [0.4, 0.5) is 10.1 Å². The third-order valence-electron chi connectivity index (χ3n) is 2.96. The average Bonchev–Trinajstić information content (AvgIpc) is 2.37. The second-order valence-electron chi connectivity index (χ2n) is 4.42. The van der Waals surface area contributed by atoms with E-state index in [1.54, 1.807) is 0 Å². The Balaban J connectivity index is 2.97. The summed E-state index contributed by atoms with van der Waals surface area (Å²) in [5, 5.41) is 14.3. The summed E-state index contributed by atoms with van der Waals surface area (Å²) >= 11 is 2.98. The highest BCUT2D eigenvalue weighted by Crippen LogP contribution is 2.27. The van der Waals surface area contributed by atoms with Crippen LogP contribution in [0.1, 0.15) is 32.3 Å². The predicted molar refractivity (Wildman–Crippen MR) is 76.8 cm³/mol. The monoisotopic (exact) mass is 332 g/mol. The molecule has 0 fully saturated rings. The Hall–Kier alpha value is -1.01. The van der Waals surface area contributed by atoms with E-state index < -0.39 is 10.7 Å². The second kappa shape index (κ2) is 7.55. The number of benzene rings is 1. The summed E-state index contributed by atoms with van der Waals surface area (Å²) in [6.45, 7) is 4.92. The van der Waals surface area contributed by atoms with Crippen molar-refractivity contribution in [3.63, 3.8) is 0 Å². The number of hydrogen-bond acceptors (Lipinski definition) is 3. The van der Waals surface area contributed by atoms with Crippen LogP contribution in [0.2, 0.25) is 0 Å². The fourth-order valence-corrected chi connectivity index (χ4v) is 2.22. The minimum atomic E-state index is -0.467. The van der Waals surface area contributed by atoms with Gasteiger partial charge < -0.3 is 5.32 Å². The van der Waals surface area contributed by atoms with E-state index in [0.717, 1.165) is 19.4 Å². The number of nitrogens with one attached hydrogen (secondary N) is 1. The largest absolute Gasteiger partial charge is 0.314 e. The summed E-state index contributed by atoms with van der Waals surface area (Å²) in [5.41, 5.74) is 0.395. The Kier molecular flexibility index (Phi) is 6.37. The van der Waals surface area contributed by atoms with Crippen molar-refractivity contribution >= 4 is 21.6 Å². The van der Waals surface area contributed by atoms with Gasteiger partial charge in [0.2, 0.25) is 0 Å². The molecule has 1 rings (SSSR count). The molecule has 0 spiro atoms. The molecule has 19 heavy (non-hydrogen) atoms. The van der Waals surface area contributed by atoms with Crippen LogP contribution >= 0.6 is 15.9 Å². The van der Waals surface area contributed by atoms with E-state index in [9.17, 15) is 14.5 Å². The predicted octanol–water partition coefficient (Wildman–Crippen LogP) is 3.82. The van der Waals surface area contributed by atoms with Gasteiger partial charge in [-0.3, -0.25) is 10.1 Å². The maximum absolute atomic E-state index is 13.5. The van der Waals surface area contributed by atoms with Crippen LogP contribution in [0.15, 0.2) is 16.6 Å². The van der Waals surface area contributed by atoms with E-state index in [4.69, 9.17) is 0 Å². The molecule has 0 radical (unpaired) electrons. The lowest BCUT2D eigenvalue weighted by molar-refractivity contribution is -0.385. The van der Waals surface area contributed by atoms with Crippen LogP contribution in [0.3, 0.4) is 0 Å². The number of nitro groups is 1. The summed E-state index contributed by atoms with van der Waals surface area (Å²) < 4.78 is 13.7. The third kappa shape index (κ3) is 4.54. The number of rotatable bonds is 7. The Morgan fingerprint density at radius 1 is 1.47 bits per heavy atom. The van der Waals surface area contributed by atoms with Crippen molar-refractivity contribution in [3.05, 3.63) is 38.1 Å². The Morgan fingerprint density at radius 2 is 2.16 bits per heavy atom. The molecule has 0 saturated heterocycles. The minimum Gasteiger partial charge on any atom is -0.314 e. The molecule has 6 heteroatoms. The third-order valence-corrected chi connectivity index (χ3v) is 3.57. The van der Waals surface area contributed by atoms with Crippen molar-refractivity contribution < 1.29 is 9.31 Å². The van der Waals surface area contributed by atoms with Crippen LogP contribution < -0.4 is 5.32 Å². The molecule has 1 aromatic rings. The lowest BCUT2D eigenvalue weighted by Crippen LogP contribution is -2.31. The van der Waals surface area contributed by atoms with Crippen LogP contribution in [0.5, 0.6) is 0 Å². The Bertz CT molecular complexity index is 455. The molecule has 0 aromatic heterocycles. The first-order valence-corrected chi connectivity index (χ1v) is 7.14. The van der Waals surface area contributed by atoms with Gasteiger partial charge in [0.25, 0.3) is 5.69 Å². The maximum Gasteiger partial charge on any atom is 0.273 e. The average molecular weight is 333 g/mol. The summed E-state index contributed by atoms with van der Waals surface area (Å²) in [6.07, 6.45) is 2.29. The van der Waals surface area contributed by atoms with Gasteiger partial charge in [-0.05, 0) is 47.8 Å². The molecule has 0 bridgehead atoms. The zero-order valence-electron chi connectivity index (χ0n) is 11.1. The highest BCUT2D eigenvalue weighted by atomic mass is 79.9. The summed E-state index contributed by atoms with van der Waals surface area (Å²) in [5.74, 6) is -0.467. The Labute approximate surface area is 120 Å². The highest BCUT2D eigenvalue weighted by Gasteiger charge is 2.19. The Morgan fingerprint density at radius 3 is 2.68 bits per heavy atom. The smallest absolute Gasteiger partial charge is 0.273 e. The maximum atomic E-state index is 13.5. The van der Waals surface area contributed by atoms with Crippen molar-refractivity contribution in [1.29, 1.82) is 0 Å². The molecule has 0 amide bonds. The molecular formula is C13H18BrFN2O2. The summed E-state index contributed by atoms with van der Waals surface area (Å²) in [4.78, 5) is 10.5. The summed E-state index contributed by atoms with van der Waals surface area (Å²) in [6, 6.07) is 2.61. The lowest BCUT2D eigenvalue weighted by atomic mass is 10.0. The van der Waals surface area contributed by atoms with Gasteiger partial charge in [0.15, 0.2) is 0 Å². The molecule has 4 nitrogen and oxygen atoms in total. The minimum absolute atomic E-state index is 0.0370. The normalized spacial score (nSPS) is 12.4. The molecule has 0 aliphatic heterocycles. The molecule has 0 aliphatic rings. The molecule has 0 heterocycles. The van der Waals surface area contributed by atoms with E-state index in [-0.39, 0.29) is 16.2 Å². The van der Waals surface area contributed by atoms with E-state index in [1.165, 1.54) is 12.1 Å². The standard InChI is InChI=1S/C13H18BrFN2O2/c1-3-5-16-10(4-2)6-9-7-12(15)11(14)8-13(9)17(18)19/h7-8,10,16H,3-6H2,1-2H3. The number of halogens is 2. The van der Waals surface area contributed by atoms with Gasteiger partial charge in [0.1, 0.15) is 5.82 Å². The van der Waals surface area contributed by atoms with Crippen molar-refractivity contribution in [1.82, 2.24) is 5.32 Å². The fourth-order valence-electron chi connectivity index (χ4n) is 1.89. The van der Waals surface area contributed by atoms with Gasteiger partial charge in [-0.25, -0.2) is 4.39 Å². The second-order valence-corrected chi connectivity index (χ2v) is 5.27. The summed E-state index contributed by atoms with van der Waals surface area (Å²) in [7, 11) is 0. The van der Waals surface area contributed by atoms with Crippen molar-refractivity contribution in [3.8, 4) is 0 Å². The molecule has 1 N–H and O–H groups in total. The first kappa shape index (κ1) is 16.0. The van der Waals surface area contributed by atoms with Gasteiger partial charge in [-0.1, -0.05) is 13.8 Å². The van der Waals surface area contributed by atoms with Crippen molar-refractivity contribution in [2.75, 3.05) is 6.54 Å². The first-order chi connectivity index (χ1) is 8.99. The van der Waals surface area contributed by atoms with Crippen LogP contribution in [0, 0.1) is 15.9 Å². The molecule has 0 aliphatic carbocycles. The molecule has 1 atom stereocenters. The topological polar surface area (TPSA) is 55.2 Å². The molecule has 1 aromatic carbocycles. The van der Waals surface area contributed by atoms with E-state index >= 15 is 0 Å². The highest BCUT2D eigenvalue weighted by molar-refractivity contribution is 9.10. The number of nitro benzene ring substituents is 1. The number of nitrogens with zero attached hydrogens (tertiary/aromatic N) is 1. The molecule has 1 unspecified atom stereocenters. The van der Waals surface area contributed by atoms with E-state index in [0.29, 0.717) is 12.0 Å². The van der Waals surface area contributed by atoms with E-state index in [2.05, 4.69) is 28.2 Å². The molecule has 0 saturated carbocycles. The van der Waals surface area contributed by atoms with Crippen LogP contribution in [0.25, 0.3) is 0 Å². The van der Waals surface area contributed by atoms with Gasteiger partial charge in [-0.2, -0.15) is 0 Å². The van der Waals surface area contributed by atoms with E-state index in [1.807, 2.05) is 6.92 Å². The van der Waals surface area contributed by atoms with Gasteiger partial charge >= 0.3 is 0 Å². The molecular weight excluding hydrogens is 315 g/mol. The SMILES string of the molecule is CCCNC(CC)Cc1cc(F)c(Br)cc1[N+](=O)[O-].